The maximum absolute atomic E-state index is 11.9. The number of nitrogens with zero attached hydrogens (tertiary/aromatic N) is 2. The Bertz CT molecular complexity index is 577. The van der Waals surface area contributed by atoms with Crippen LogP contribution in [0.1, 0.15) is 5.56 Å². The SMILES string of the molecule is O=C1N=CN=C2SC(I)=C(c3ccccc3)C12. The molecular weight excluding hydrogens is 347 g/mol. The minimum atomic E-state index is -0.292. The molecule has 0 aromatic heterocycles. The van der Waals surface area contributed by atoms with Crippen LogP contribution in [0.15, 0.2) is 43.2 Å². The number of carbonyl (C=O) groups is 1. The Balaban J connectivity index is 2.11. The summed E-state index contributed by atoms with van der Waals surface area (Å²) >= 11 is 3.83. The van der Waals surface area contributed by atoms with E-state index < -0.39 is 0 Å². The number of rotatable bonds is 1. The van der Waals surface area contributed by atoms with Crippen molar-refractivity contribution >= 4 is 57.2 Å². The second-order valence-corrected chi connectivity index (χ2v) is 6.48. The summed E-state index contributed by atoms with van der Waals surface area (Å²) in [4.78, 5) is 19.8. The zero-order chi connectivity index (χ0) is 11.8. The molecule has 5 heteroatoms. The monoisotopic (exact) mass is 354 g/mol. The predicted octanol–water partition coefficient (Wildman–Crippen LogP) is 3.12. The molecule has 0 radical (unpaired) electrons. The van der Waals surface area contributed by atoms with Gasteiger partial charge in [0.2, 0.25) is 0 Å². The first kappa shape index (κ1) is 11.2. The van der Waals surface area contributed by atoms with Gasteiger partial charge in [-0.15, -0.1) is 0 Å². The summed E-state index contributed by atoms with van der Waals surface area (Å²) < 4.78 is 1.11. The van der Waals surface area contributed by atoms with Crippen molar-refractivity contribution < 1.29 is 4.79 Å². The quantitative estimate of drug-likeness (QED) is 0.728. The fourth-order valence-electron chi connectivity index (χ4n) is 1.89. The average molecular weight is 354 g/mol. The highest BCUT2D eigenvalue weighted by Crippen LogP contribution is 2.48. The van der Waals surface area contributed by atoms with Crippen molar-refractivity contribution in [2.75, 3.05) is 0 Å². The highest BCUT2D eigenvalue weighted by atomic mass is 127. The van der Waals surface area contributed by atoms with Gasteiger partial charge < -0.3 is 0 Å². The first-order chi connectivity index (χ1) is 8.27. The van der Waals surface area contributed by atoms with Crippen molar-refractivity contribution in [2.24, 2.45) is 15.9 Å². The molecule has 1 aromatic carbocycles. The molecule has 1 amide bonds. The Morgan fingerprint density at radius 2 is 2.00 bits per heavy atom. The molecule has 0 fully saturated rings. The van der Waals surface area contributed by atoms with Crippen molar-refractivity contribution in [1.82, 2.24) is 0 Å². The fraction of sp³-hybridized carbons (Fsp3) is 0.0833. The van der Waals surface area contributed by atoms with Crippen LogP contribution in [0.2, 0.25) is 0 Å². The molecule has 1 aromatic rings. The lowest BCUT2D eigenvalue weighted by atomic mass is 9.94. The number of carbonyl (C=O) groups excluding carboxylic acids is 1. The van der Waals surface area contributed by atoms with Crippen molar-refractivity contribution in [3.8, 4) is 0 Å². The summed E-state index contributed by atoms with van der Waals surface area (Å²) in [6.45, 7) is 0. The number of aliphatic imine (C=N–C) groups is 2. The fourth-order valence-corrected chi connectivity index (χ4v) is 4.15. The number of benzene rings is 1. The van der Waals surface area contributed by atoms with Crippen LogP contribution >= 0.6 is 34.4 Å². The Kier molecular flexibility index (Phi) is 2.87. The molecule has 0 saturated carbocycles. The van der Waals surface area contributed by atoms with Gasteiger partial charge in [0.25, 0.3) is 5.91 Å². The molecule has 0 spiro atoms. The van der Waals surface area contributed by atoms with E-state index in [1.165, 1.54) is 6.34 Å². The van der Waals surface area contributed by atoms with Gasteiger partial charge in [0.1, 0.15) is 12.3 Å². The van der Waals surface area contributed by atoms with Crippen LogP contribution in [0.5, 0.6) is 0 Å². The molecule has 17 heavy (non-hydrogen) atoms. The lowest BCUT2D eigenvalue weighted by Crippen LogP contribution is -2.21. The molecule has 3 rings (SSSR count). The molecular formula is C12H7IN2OS. The number of fused-ring (bicyclic) bond motifs is 1. The minimum Gasteiger partial charge on any atom is -0.271 e. The summed E-state index contributed by atoms with van der Waals surface area (Å²) in [6, 6.07) is 9.95. The topological polar surface area (TPSA) is 41.8 Å². The van der Waals surface area contributed by atoms with E-state index in [1.807, 2.05) is 30.3 Å². The van der Waals surface area contributed by atoms with Crippen LogP contribution in [0.25, 0.3) is 5.57 Å². The highest BCUT2D eigenvalue weighted by molar-refractivity contribution is 14.1. The van der Waals surface area contributed by atoms with Gasteiger partial charge >= 0.3 is 0 Å². The Hall–Kier alpha value is -0.950. The number of hydrogen-bond donors (Lipinski definition) is 0. The van der Waals surface area contributed by atoms with E-state index in [4.69, 9.17) is 0 Å². The van der Waals surface area contributed by atoms with Gasteiger partial charge in [0.15, 0.2) is 0 Å². The Morgan fingerprint density at radius 1 is 1.24 bits per heavy atom. The van der Waals surface area contributed by atoms with Gasteiger partial charge in [-0.3, -0.25) is 4.79 Å². The van der Waals surface area contributed by atoms with Crippen LogP contribution < -0.4 is 0 Å². The van der Waals surface area contributed by atoms with Gasteiger partial charge in [-0.25, -0.2) is 9.98 Å². The van der Waals surface area contributed by atoms with E-state index in [2.05, 4.69) is 32.6 Å². The molecule has 0 saturated heterocycles. The number of halogens is 1. The van der Waals surface area contributed by atoms with Gasteiger partial charge in [0, 0.05) is 0 Å². The highest BCUT2D eigenvalue weighted by Gasteiger charge is 2.38. The Morgan fingerprint density at radius 3 is 2.76 bits per heavy atom. The predicted molar refractivity (Wildman–Crippen MR) is 79.4 cm³/mol. The largest absolute Gasteiger partial charge is 0.271 e. The average Bonchev–Trinajstić information content (AvgIpc) is 2.68. The third-order valence-electron chi connectivity index (χ3n) is 2.64. The number of amides is 1. The molecule has 2 heterocycles. The number of thioether (sulfide) groups is 1. The zero-order valence-corrected chi connectivity index (χ0v) is 11.6. The van der Waals surface area contributed by atoms with E-state index in [0.29, 0.717) is 0 Å². The molecule has 3 nitrogen and oxygen atoms in total. The van der Waals surface area contributed by atoms with E-state index >= 15 is 0 Å². The third kappa shape index (κ3) is 1.87. The first-order valence-electron chi connectivity index (χ1n) is 5.04. The van der Waals surface area contributed by atoms with Crippen LogP contribution in [0.3, 0.4) is 0 Å². The van der Waals surface area contributed by atoms with Crippen LogP contribution in [0, 0.1) is 5.92 Å². The summed E-state index contributed by atoms with van der Waals surface area (Å²) in [7, 11) is 0. The van der Waals surface area contributed by atoms with Crippen molar-refractivity contribution in [2.45, 2.75) is 0 Å². The van der Waals surface area contributed by atoms with Crippen LogP contribution in [-0.4, -0.2) is 17.3 Å². The van der Waals surface area contributed by atoms with Gasteiger partial charge in [-0.2, -0.15) is 0 Å². The smallest absolute Gasteiger partial charge is 0.261 e. The van der Waals surface area contributed by atoms with Crippen molar-refractivity contribution in [3.05, 3.63) is 38.8 Å². The van der Waals surface area contributed by atoms with E-state index in [0.717, 1.165) is 19.1 Å². The molecule has 0 bridgehead atoms. The van der Waals surface area contributed by atoms with Gasteiger partial charge in [-0.05, 0) is 33.7 Å². The normalized spacial score (nSPS) is 22.8. The number of hydrogen-bond acceptors (Lipinski definition) is 3. The zero-order valence-electron chi connectivity index (χ0n) is 8.63. The molecule has 1 unspecified atom stereocenters. The van der Waals surface area contributed by atoms with Gasteiger partial charge in [-0.1, -0.05) is 42.1 Å². The summed E-state index contributed by atoms with van der Waals surface area (Å²) in [5.41, 5.74) is 2.11. The minimum absolute atomic E-state index is 0.118. The second-order valence-electron chi connectivity index (χ2n) is 3.64. The first-order valence-corrected chi connectivity index (χ1v) is 6.94. The van der Waals surface area contributed by atoms with E-state index in [1.54, 1.807) is 11.8 Å². The standard InChI is InChI=1S/C12H7IN2OS/c13-10-8(7-4-2-1-3-5-7)9-11(16)14-6-15-12(9)17-10/h1-6,9H. The van der Waals surface area contributed by atoms with E-state index in [9.17, 15) is 4.79 Å². The third-order valence-corrected chi connectivity index (χ3v) is 4.83. The lowest BCUT2D eigenvalue weighted by molar-refractivity contribution is -0.118. The maximum Gasteiger partial charge on any atom is 0.261 e. The van der Waals surface area contributed by atoms with Crippen molar-refractivity contribution in [3.63, 3.8) is 0 Å². The lowest BCUT2D eigenvalue weighted by Gasteiger charge is -2.13. The summed E-state index contributed by atoms with van der Waals surface area (Å²) in [6.07, 6.45) is 1.35. The molecule has 2 aliphatic rings. The molecule has 1 atom stereocenters. The molecule has 0 aliphatic carbocycles. The maximum atomic E-state index is 11.9. The summed E-state index contributed by atoms with van der Waals surface area (Å²) in [5, 5.41) is 0.841. The second kappa shape index (κ2) is 4.38. The van der Waals surface area contributed by atoms with E-state index in [-0.39, 0.29) is 11.8 Å². The Labute approximate surface area is 116 Å². The summed E-state index contributed by atoms with van der Waals surface area (Å²) in [5.74, 6) is -0.410. The molecule has 84 valence electrons. The van der Waals surface area contributed by atoms with Gasteiger partial charge in [0.05, 0.1) is 7.96 Å². The molecule has 0 N–H and O–H groups in total. The van der Waals surface area contributed by atoms with Crippen molar-refractivity contribution in [1.29, 1.82) is 0 Å². The van der Waals surface area contributed by atoms with Crippen LogP contribution in [0.4, 0.5) is 0 Å². The molecule has 2 aliphatic heterocycles. The van der Waals surface area contributed by atoms with Crippen LogP contribution in [-0.2, 0) is 4.79 Å².